The second kappa shape index (κ2) is 10.9. The third-order valence-electron chi connectivity index (χ3n) is 7.26. The summed E-state index contributed by atoms with van der Waals surface area (Å²) in [6.07, 6.45) is 3.87. The standard InChI is InChI=1S/C31H33N5O3/c1-20-13-21(2)19-36(18-20)30-6-3-5-25(35-30)26-9-7-23-16-32-24(15-27(23)34-26)17-33-31(37)22-8-10-28-29(14-22)39-12-4-11-38-28/h3,5-10,14-16,20-21H,4,11-13,17-19H2,1-2H3,(H,33,37)/t20-,21?/m0/s1. The largest absolute Gasteiger partial charge is 0.490 e. The summed E-state index contributed by atoms with van der Waals surface area (Å²) in [7, 11) is 0. The predicted molar refractivity (Wildman–Crippen MR) is 151 cm³/mol. The Labute approximate surface area is 228 Å². The number of carbonyl (C=O) groups is 1. The van der Waals surface area contributed by atoms with Crippen LogP contribution in [0.3, 0.4) is 0 Å². The van der Waals surface area contributed by atoms with Crippen LogP contribution in [0.25, 0.3) is 22.3 Å². The number of anilines is 1. The molecule has 1 saturated heterocycles. The maximum Gasteiger partial charge on any atom is 0.251 e. The van der Waals surface area contributed by atoms with Crippen LogP contribution >= 0.6 is 0 Å². The molecule has 8 nitrogen and oxygen atoms in total. The van der Waals surface area contributed by atoms with Crippen molar-refractivity contribution < 1.29 is 14.3 Å². The number of carbonyl (C=O) groups excluding carboxylic acids is 1. The fourth-order valence-electron chi connectivity index (χ4n) is 5.47. The van der Waals surface area contributed by atoms with Gasteiger partial charge in [0.15, 0.2) is 11.5 Å². The highest BCUT2D eigenvalue weighted by molar-refractivity contribution is 5.95. The van der Waals surface area contributed by atoms with Crippen molar-refractivity contribution in [1.29, 1.82) is 0 Å². The van der Waals surface area contributed by atoms with E-state index in [4.69, 9.17) is 19.4 Å². The number of ether oxygens (including phenoxy) is 2. The quantitative estimate of drug-likeness (QED) is 0.381. The minimum absolute atomic E-state index is 0.198. The highest BCUT2D eigenvalue weighted by atomic mass is 16.5. The van der Waals surface area contributed by atoms with Crippen LogP contribution in [-0.2, 0) is 6.54 Å². The maximum absolute atomic E-state index is 12.8. The van der Waals surface area contributed by atoms with Gasteiger partial charge in [0.25, 0.3) is 5.91 Å². The molecule has 1 aromatic carbocycles. The number of fused-ring (bicyclic) bond motifs is 2. The molecule has 200 valence electrons. The number of aromatic nitrogens is 3. The van der Waals surface area contributed by atoms with Gasteiger partial charge in [-0.2, -0.15) is 0 Å². The van der Waals surface area contributed by atoms with Crippen LogP contribution in [0, 0.1) is 11.8 Å². The first kappa shape index (κ1) is 25.1. The monoisotopic (exact) mass is 523 g/mol. The van der Waals surface area contributed by atoms with Crippen molar-refractivity contribution in [3.63, 3.8) is 0 Å². The molecule has 5 heterocycles. The molecule has 1 amide bonds. The Morgan fingerprint density at radius 3 is 2.59 bits per heavy atom. The van der Waals surface area contributed by atoms with E-state index in [0.717, 1.165) is 53.3 Å². The van der Waals surface area contributed by atoms with Gasteiger partial charge in [0, 0.05) is 36.7 Å². The summed E-state index contributed by atoms with van der Waals surface area (Å²) in [4.78, 5) is 29.6. The molecule has 0 saturated carbocycles. The zero-order chi connectivity index (χ0) is 26.8. The molecule has 1 fully saturated rings. The van der Waals surface area contributed by atoms with Crippen molar-refractivity contribution in [1.82, 2.24) is 20.3 Å². The molecule has 2 aliphatic heterocycles. The van der Waals surface area contributed by atoms with Gasteiger partial charge in [0.1, 0.15) is 5.82 Å². The summed E-state index contributed by atoms with van der Waals surface area (Å²) < 4.78 is 11.4. The first-order valence-corrected chi connectivity index (χ1v) is 13.7. The van der Waals surface area contributed by atoms with E-state index in [9.17, 15) is 4.79 Å². The van der Waals surface area contributed by atoms with E-state index in [1.54, 1.807) is 24.4 Å². The SMILES string of the molecule is CC1C[C@H](C)CN(c2cccc(-c3ccc4cnc(CNC(=O)c5ccc6c(c5)OCCCO6)cc4n3)n2)C1. The third-order valence-corrected chi connectivity index (χ3v) is 7.26. The molecule has 1 unspecified atom stereocenters. The van der Waals surface area contributed by atoms with Gasteiger partial charge in [-0.25, -0.2) is 9.97 Å². The van der Waals surface area contributed by atoms with Gasteiger partial charge in [-0.1, -0.05) is 19.9 Å². The zero-order valence-corrected chi connectivity index (χ0v) is 22.4. The molecule has 2 aliphatic rings. The summed E-state index contributed by atoms with van der Waals surface area (Å²) in [6, 6.07) is 17.3. The number of hydrogen-bond donors (Lipinski definition) is 1. The van der Waals surface area contributed by atoms with Gasteiger partial charge in [0.05, 0.1) is 42.4 Å². The summed E-state index contributed by atoms with van der Waals surface area (Å²) >= 11 is 0. The van der Waals surface area contributed by atoms with Crippen molar-refractivity contribution in [2.75, 3.05) is 31.2 Å². The van der Waals surface area contributed by atoms with Gasteiger partial charge in [0.2, 0.25) is 0 Å². The average molecular weight is 524 g/mol. The molecule has 0 aliphatic carbocycles. The lowest BCUT2D eigenvalue weighted by Crippen LogP contribution is -2.39. The fourth-order valence-corrected chi connectivity index (χ4v) is 5.47. The van der Waals surface area contributed by atoms with E-state index in [-0.39, 0.29) is 12.5 Å². The topological polar surface area (TPSA) is 89.5 Å². The number of nitrogens with zero attached hydrogens (tertiary/aromatic N) is 4. The number of nitrogens with one attached hydrogen (secondary N) is 1. The Balaban J connectivity index is 1.18. The zero-order valence-electron chi connectivity index (χ0n) is 22.4. The lowest BCUT2D eigenvalue weighted by molar-refractivity contribution is 0.0950. The van der Waals surface area contributed by atoms with Gasteiger partial charge in [-0.3, -0.25) is 9.78 Å². The van der Waals surface area contributed by atoms with Crippen molar-refractivity contribution >= 4 is 22.6 Å². The third kappa shape index (κ3) is 5.65. The highest BCUT2D eigenvalue weighted by Crippen LogP contribution is 2.31. The molecular formula is C31H33N5O3. The minimum atomic E-state index is -0.198. The van der Waals surface area contributed by atoms with Crippen LogP contribution in [0.4, 0.5) is 5.82 Å². The van der Waals surface area contributed by atoms with Crippen molar-refractivity contribution in [3.05, 3.63) is 72.1 Å². The molecule has 2 atom stereocenters. The molecule has 0 spiro atoms. The van der Waals surface area contributed by atoms with Crippen LogP contribution in [-0.4, -0.2) is 47.2 Å². The highest BCUT2D eigenvalue weighted by Gasteiger charge is 2.23. The molecule has 1 N–H and O–H groups in total. The predicted octanol–water partition coefficient (Wildman–Crippen LogP) is 5.27. The van der Waals surface area contributed by atoms with E-state index in [1.807, 2.05) is 24.3 Å². The normalized spacial score (nSPS) is 19.0. The van der Waals surface area contributed by atoms with Gasteiger partial charge >= 0.3 is 0 Å². The molecule has 3 aromatic heterocycles. The van der Waals surface area contributed by atoms with Crippen LogP contribution in [0.15, 0.2) is 60.8 Å². The molecule has 4 aromatic rings. The molecule has 8 heteroatoms. The van der Waals surface area contributed by atoms with Gasteiger partial charge < -0.3 is 19.7 Å². The Hall–Kier alpha value is -4.20. The number of hydrogen-bond acceptors (Lipinski definition) is 7. The molecular weight excluding hydrogens is 490 g/mol. The number of piperidine rings is 1. The summed E-state index contributed by atoms with van der Waals surface area (Å²) in [5.41, 5.74) is 3.73. The molecule has 0 bridgehead atoms. The van der Waals surface area contributed by atoms with Crippen LogP contribution in [0.1, 0.15) is 42.7 Å². The number of rotatable bonds is 5. The summed E-state index contributed by atoms with van der Waals surface area (Å²) in [5.74, 6) is 3.38. The maximum atomic E-state index is 12.8. The minimum Gasteiger partial charge on any atom is -0.490 e. The fraction of sp³-hybridized carbons (Fsp3) is 0.355. The Morgan fingerprint density at radius 1 is 0.949 bits per heavy atom. The van der Waals surface area contributed by atoms with Crippen molar-refractivity contribution in [2.24, 2.45) is 11.8 Å². The smallest absolute Gasteiger partial charge is 0.251 e. The molecule has 6 rings (SSSR count). The second-order valence-corrected chi connectivity index (χ2v) is 10.7. The van der Waals surface area contributed by atoms with E-state index in [2.05, 4.69) is 41.2 Å². The van der Waals surface area contributed by atoms with Crippen LogP contribution < -0.4 is 19.7 Å². The Bertz CT molecular complexity index is 1500. The summed E-state index contributed by atoms with van der Waals surface area (Å²) in [5, 5.41) is 3.89. The van der Waals surface area contributed by atoms with Gasteiger partial charge in [-0.15, -0.1) is 0 Å². The van der Waals surface area contributed by atoms with E-state index >= 15 is 0 Å². The Kier molecular flexibility index (Phi) is 7.00. The Morgan fingerprint density at radius 2 is 1.74 bits per heavy atom. The molecule has 39 heavy (non-hydrogen) atoms. The summed E-state index contributed by atoms with van der Waals surface area (Å²) in [6.45, 7) is 8.14. The number of pyridine rings is 3. The second-order valence-electron chi connectivity index (χ2n) is 10.7. The first-order chi connectivity index (χ1) is 19.0. The van der Waals surface area contributed by atoms with Crippen LogP contribution in [0.5, 0.6) is 11.5 Å². The lowest BCUT2D eigenvalue weighted by atomic mass is 9.92. The number of benzene rings is 1. The van der Waals surface area contributed by atoms with E-state index in [0.29, 0.717) is 42.1 Å². The van der Waals surface area contributed by atoms with Crippen LogP contribution in [0.2, 0.25) is 0 Å². The lowest BCUT2D eigenvalue weighted by Gasteiger charge is -2.35. The van der Waals surface area contributed by atoms with E-state index < -0.39 is 0 Å². The van der Waals surface area contributed by atoms with Gasteiger partial charge in [-0.05, 0) is 66.8 Å². The van der Waals surface area contributed by atoms with Crippen molar-refractivity contribution in [3.8, 4) is 22.9 Å². The number of amides is 1. The average Bonchev–Trinajstić information content (AvgIpc) is 3.20. The van der Waals surface area contributed by atoms with E-state index in [1.165, 1.54) is 6.42 Å². The first-order valence-electron chi connectivity index (χ1n) is 13.7. The molecule has 0 radical (unpaired) electrons. The van der Waals surface area contributed by atoms with Crippen molar-refractivity contribution in [2.45, 2.75) is 33.2 Å².